The van der Waals surface area contributed by atoms with Gasteiger partial charge in [-0.3, -0.25) is 0 Å². The highest BCUT2D eigenvalue weighted by Gasteiger charge is 2.22. The minimum absolute atomic E-state index is 0.691. The van der Waals surface area contributed by atoms with Crippen molar-refractivity contribution in [2.45, 2.75) is 26.2 Å². The van der Waals surface area contributed by atoms with E-state index in [1.54, 1.807) is 5.56 Å². The van der Waals surface area contributed by atoms with E-state index < -0.39 is 0 Å². The summed E-state index contributed by atoms with van der Waals surface area (Å²) in [7, 11) is 2.21. The second kappa shape index (κ2) is 3.13. The Morgan fingerprint density at radius 1 is 1.33 bits per heavy atom. The van der Waals surface area contributed by atoms with Gasteiger partial charge in [0, 0.05) is 18.4 Å². The average molecular weight is 199 g/mol. The first-order valence-corrected chi connectivity index (χ1v) is 5.82. The molecule has 78 valence electrons. The first-order chi connectivity index (χ1) is 7.27. The fourth-order valence-electron chi connectivity index (χ4n) is 2.82. The summed E-state index contributed by atoms with van der Waals surface area (Å²) in [6.45, 7) is 2.29. The van der Waals surface area contributed by atoms with Crippen molar-refractivity contribution in [1.29, 1.82) is 0 Å². The summed E-state index contributed by atoms with van der Waals surface area (Å²) in [4.78, 5) is 0. The first-order valence-electron chi connectivity index (χ1n) is 5.82. The van der Waals surface area contributed by atoms with E-state index in [0.717, 1.165) is 0 Å². The highest BCUT2D eigenvalue weighted by atomic mass is 15.0. The number of hydrogen-bond acceptors (Lipinski definition) is 0. The van der Waals surface area contributed by atoms with E-state index in [2.05, 4.69) is 42.8 Å². The summed E-state index contributed by atoms with van der Waals surface area (Å²) in [5.74, 6) is 0.691. The Labute approximate surface area is 91.1 Å². The lowest BCUT2D eigenvalue weighted by atomic mass is 9.91. The maximum atomic E-state index is 2.39. The van der Waals surface area contributed by atoms with Gasteiger partial charge in [0.25, 0.3) is 0 Å². The number of hydrogen-bond donors (Lipinski definition) is 0. The predicted octanol–water partition coefficient (Wildman–Crippen LogP) is 3.19. The van der Waals surface area contributed by atoms with Gasteiger partial charge in [-0.2, -0.15) is 0 Å². The second-order valence-electron chi connectivity index (χ2n) is 4.76. The summed E-state index contributed by atoms with van der Waals surface area (Å²) in [6, 6.07) is 0. The van der Waals surface area contributed by atoms with Gasteiger partial charge in [-0.1, -0.05) is 25.2 Å². The summed E-state index contributed by atoms with van der Waals surface area (Å²) in [6.07, 6.45) is 12.9. The van der Waals surface area contributed by atoms with Crippen molar-refractivity contribution in [2.24, 2.45) is 13.0 Å². The molecule has 1 nitrogen and oxygen atoms in total. The number of allylic oxidation sites excluding steroid dienone is 2. The van der Waals surface area contributed by atoms with Gasteiger partial charge >= 0.3 is 0 Å². The number of nitrogens with zero attached hydrogens (tertiary/aromatic N) is 1. The third-order valence-electron chi connectivity index (χ3n) is 3.65. The molecule has 0 bridgehead atoms. The topological polar surface area (TPSA) is 4.93 Å². The van der Waals surface area contributed by atoms with Crippen LogP contribution in [0.4, 0.5) is 0 Å². The molecule has 2 aliphatic rings. The maximum Gasteiger partial charge on any atom is 0.0441 e. The summed E-state index contributed by atoms with van der Waals surface area (Å²) in [5.41, 5.74) is 6.04. The van der Waals surface area contributed by atoms with E-state index in [4.69, 9.17) is 0 Å². The molecule has 0 aromatic carbocycles. The normalized spacial score (nSPS) is 22.7. The lowest BCUT2D eigenvalue weighted by Crippen LogP contribution is -2.07. The maximum absolute atomic E-state index is 2.39. The lowest BCUT2D eigenvalue weighted by Gasteiger charge is -2.14. The Balaban J connectivity index is 2.23. The van der Waals surface area contributed by atoms with Gasteiger partial charge in [0.15, 0.2) is 0 Å². The van der Waals surface area contributed by atoms with Crippen molar-refractivity contribution in [3.8, 4) is 0 Å². The standard InChI is InChI=1S/C14H17N/c1-10-7-8-12-11-5-3-4-6-13(11)15(2)14(12)9-10/h4,6-8,10H,3,5,9H2,1-2H3. The molecule has 0 saturated heterocycles. The quantitative estimate of drug-likeness (QED) is 0.604. The molecule has 1 unspecified atom stereocenters. The SMILES string of the molecule is CC1C=Cc2c3c(n(C)c2C1)C=CCC3. The fraction of sp³-hybridized carbons (Fsp3) is 0.429. The molecule has 1 aromatic heterocycles. The van der Waals surface area contributed by atoms with Crippen LogP contribution in [-0.4, -0.2) is 4.57 Å². The van der Waals surface area contributed by atoms with Crippen LogP contribution >= 0.6 is 0 Å². The van der Waals surface area contributed by atoms with Gasteiger partial charge in [0.2, 0.25) is 0 Å². The fourth-order valence-corrected chi connectivity index (χ4v) is 2.82. The third kappa shape index (κ3) is 1.22. The number of aromatic nitrogens is 1. The molecule has 0 radical (unpaired) electrons. The molecule has 0 aliphatic heterocycles. The Hall–Kier alpha value is -1.24. The molecular formula is C14H17N. The minimum Gasteiger partial charge on any atom is -0.347 e. The number of fused-ring (bicyclic) bond motifs is 3. The molecule has 1 atom stereocenters. The van der Waals surface area contributed by atoms with Crippen molar-refractivity contribution >= 4 is 12.2 Å². The number of rotatable bonds is 0. The minimum atomic E-state index is 0.691. The van der Waals surface area contributed by atoms with Crippen LogP contribution in [0.3, 0.4) is 0 Å². The van der Waals surface area contributed by atoms with E-state index in [-0.39, 0.29) is 0 Å². The Bertz CT molecular complexity index is 460. The van der Waals surface area contributed by atoms with Gasteiger partial charge in [0.1, 0.15) is 0 Å². The van der Waals surface area contributed by atoms with Crippen LogP contribution in [0.2, 0.25) is 0 Å². The molecule has 1 heteroatoms. The van der Waals surface area contributed by atoms with Crippen LogP contribution in [-0.2, 0) is 19.9 Å². The monoisotopic (exact) mass is 199 g/mol. The van der Waals surface area contributed by atoms with Crippen LogP contribution in [0.5, 0.6) is 0 Å². The third-order valence-corrected chi connectivity index (χ3v) is 3.65. The molecule has 1 heterocycles. The van der Waals surface area contributed by atoms with Crippen molar-refractivity contribution in [3.05, 3.63) is 34.7 Å². The molecule has 3 rings (SSSR count). The Morgan fingerprint density at radius 3 is 3.07 bits per heavy atom. The molecule has 0 spiro atoms. The molecule has 0 amide bonds. The van der Waals surface area contributed by atoms with E-state index in [1.165, 1.54) is 36.2 Å². The molecular weight excluding hydrogens is 182 g/mol. The molecule has 0 saturated carbocycles. The summed E-state index contributed by atoms with van der Waals surface area (Å²) in [5, 5.41) is 0. The zero-order valence-corrected chi connectivity index (χ0v) is 9.46. The molecule has 0 fully saturated rings. The van der Waals surface area contributed by atoms with E-state index in [9.17, 15) is 0 Å². The molecule has 1 aromatic rings. The van der Waals surface area contributed by atoms with Crippen LogP contribution in [0.15, 0.2) is 12.2 Å². The summed E-state index contributed by atoms with van der Waals surface area (Å²) < 4.78 is 2.39. The highest BCUT2D eigenvalue weighted by molar-refractivity contribution is 5.68. The zero-order chi connectivity index (χ0) is 10.4. The van der Waals surface area contributed by atoms with E-state index in [1.807, 2.05) is 0 Å². The molecule has 2 aliphatic carbocycles. The lowest BCUT2D eigenvalue weighted by molar-refractivity contribution is 0.667. The Kier molecular flexibility index (Phi) is 1.88. The van der Waals surface area contributed by atoms with Gasteiger partial charge in [-0.05, 0) is 42.4 Å². The van der Waals surface area contributed by atoms with E-state index in [0.29, 0.717) is 5.92 Å². The van der Waals surface area contributed by atoms with E-state index >= 15 is 0 Å². The van der Waals surface area contributed by atoms with Crippen molar-refractivity contribution in [1.82, 2.24) is 4.57 Å². The van der Waals surface area contributed by atoms with Gasteiger partial charge in [-0.25, -0.2) is 0 Å². The van der Waals surface area contributed by atoms with Crippen LogP contribution in [0, 0.1) is 5.92 Å². The summed E-state index contributed by atoms with van der Waals surface area (Å²) >= 11 is 0. The van der Waals surface area contributed by atoms with Crippen molar-refractivity contribution in [3.63, 3.8) is 0 Å². The largest absolute Gasteiger partial charge is 0.347 e. The van der Waals surface area contributed by atoms with Crippen LogP contribution in [0.1, 0.15) is 35.9 Å². The molecule has 15 heavy (non-hydrogen) atoms. The highest BCUT2D eigenvalue weighted by Crippen LogP contribution is 2.33. The van der Waals surface area contributed by atoms with Gasteiger partial charge in [-0.15, -0.1) is 0 Å². The van der Waals surface area contributed by atoms with Crippen LogP contribution < -0.4 is 0 Å². The van der Waals surface area contributed by atoms with Crippen molar-refractivity contribution in [2.75, 3.05) is 0 Å². The zero-order valence-electron chi connectivity index (χ0n) is 9.46. The smallest absolute Gasteiger partial charge is 0.0441 e. The first kappa shape index (κ1) is 9.02. The van der Waals surface area contributed by atoms with Gasteiger partial charge in [0.05, 0.1) is 0 Å². The second-order valence-corrected chi connectivity index (χ2v) is 4.76. The molecule has 0 N–H and O–H groups in total. The van der Waals surface area contributed by atoms with Crippen LogP contribution in [0.25, 0.3) is 12.2 Å². The predicted molar refractivity (Wildman–Crippen MR) is 64.7 cm³/mol. The average Bonchev–Trinajstić information content (AvgIpc) is 2.54. The van der Waals surface area contributed by atoms with Crippen molar-refractivity contribution < 1.29 is 0 Å². The Morgan fingerprint density at radius 2 is 2.20 bits per heavy atom. The van der Waals surface area contributed by atoms with Gasteiger partial charge < -0.3 is 4.57 Å².